The third-order valence-electron chi connectivity index (χ3n) is 3.63. The van der Waals surface area contributed by atoms with Crippen molar-refractivity contribution in [3.63, 3.8) is 0 Å². The number of fused-ring (bicyclic) bond motifs is 1. The zero-order valence-corrected chi connectivity index (χ0v) is 13.4. The van der Waals surface area contributed by atoms with Crippen molar-refractivity contribution in [3.8, 4) is 5.75 Å². The van der Waals surface area contributed by atoms with Gasteiger partial charge in [0.05, 0.1) is 6.61 Å². The number of hydrogen-bond donors (Lipinski definition) is 2. The topological polar surface area (TPSA) is 82.2 Å². The monoisotopic (exact) mass is 368 g/mol. The lowest BCUT2D eigenvalue weighted by atomic mass is 10.0. The fraction of sp³-hybridized carbons (Fsp3) is 0.286. The zero-order chi connectivity index (χ0) is 15.9. The Hall–Kier alpha value is -2.09. The molecular formula is C14H14BrFN4O2. The number of nitrogens with zero attached hydrogens (tertiary/aromatic N) is 2. The van der Waals surface area contributed by atoms with E-state index in [-0.39, 0.29) is 34.2 Å². The zero-order valence-electron chi connectivity index (χ0n) is 11.8. The van der Waals surface area contributed by atoms with Crippen molar-refractivity contribution >= 4 is 27.7 Å². The van der Waals surface area contributed by atoms with Gasteiger partial charge < -0.3 is 15.8 Å². The van der Waals surface area contributed by atoms with Crippen LogP contribution in [0.3, 0.4) is 0 Å². The molecule has 0 atom stereocenters. The van der Waals surface area contributed by atoms with Gasteiger partial charge in [-0.2, -0.15) is 4.98 Å². The summed E-state index contributed by atoms with van der Waals surface area (Å²) < 4.78 is 21.0. The summed E-state index contributed by atoms with van der Waals surface area (Å²) in [6.45, 7) is 0.744. The minimum absolute atomic E-state index is 0.0905. The van der Waals surface area contributed by atoms with Crippen molar-refractivity contribution in [3.05, 3.63) is 43.9 Å². The van der Waals surface area contributed by atoms with E-state index >= 15 is 0 Å². The molecule has 2 aromatic rings. The maximum atomic E-state index is 14.1. The van der Waals surface area contributed by atoms with Gasteiger partial charge in [0.2, 0.25) is 5.95 Å². The highest BCUT2D eigenvalue weighted by atomic mass is 79.9. The number of halogens is 2. The number of nitrogens with one attached hydrogen (secondary N) is 1. The van der Waals surface area contributed by atoms with Crippen molar-refractivity contribution in [1.82, 2.24) is 9.55 Å². The molecule has 0 aliphatic carbocycles. The van der Waals surface area contributed by atoms with E-state index in [2.05, 4.69) is 26.2 Å². The molecule has 3 N–H and O–H groups in total. The molecule has 0 amide bonds. The normalized spacial score (nSPS) is 12.9. The van der Waals surface area contributed by atoms with Gasteiger partial charge in [0, 0.05) is 31.1 Å². The minimum atomic E-state index is -0.313. The molecule has 0 spiro atoms. The first kappa shape index (κ1) is 14.8. The molecule has 1 aromatic carbocycles. The summed E-state index contributed by atoms with van der Waals surface area (Å²) in [4.78, 5) is 16.0. The predicted octanol–water partition coefficient (Wildman–Crippen LogP) is 1.81. The van der Waals surface area contributed by atoms with Gasteiger partial charge in [-0.3, -0.25) is 9.36 Å². The van der Waals surface area contributed by atoms with Gasteiger partial charge in [-0.05, 0) is 28.1 Å². The highest BCUT2D eigenvalue weighted by Gasteiger charge is 2.20. The first-order valence-electron chi connectivity index (χ1n) is 6.68. The fourth-order valence-corrected chi connectivity index (χ4v) is 2.78. The summed E-state index contributed by atoms with van der Waals surface area (Å²) >= 11 is 3.09. The van der Waals surface area contributed by atoms with Crippen molar-refractivity contribution in [1.29, 1.82) is 0 Å². The summed E-state index contributed by atoms with van der Waals surface area (Å²) in [5.41, 5.74) is 6.73. The maximum Gasteiger partial charge on any atom is 0.271 e. The van der Waals surface area contributed by atoms with Crippen molar-refractivity contribution in [2.24, 2.45) is 7.05 Å². The Morgan fingerprint density at radius 1 is 1.55 bits per heavy atom. The van der Waals surface area contributed by atoms with Gasteiger partial charge in [0.25, 0.3) is 5.56 Å². The number of hydrogen-bond acceptors (Lipinski definition) is 5. The Kier molecular flexibility index (Phi) is 3.78. The van der Waals surface area contributed by atoms with E-state index in [9.17, 15) is 9.18 Å². The van der Waals surface area contributed by atoms with Crippen LogP contribution in [0, 0.1) is 5.82 Å². The fourth-order valence-electron chi connectivity index (χ4n) is 2.42. The van der Waals surface area contributed by atoms with E-state index in [1.54, 1.807) is 13.1 Å². The van der Waals surface area contributed by atoms with Crippen LogP contribution in [-0.2, 0) is 20.0 Å². The molecule has 0 radical (unpaired) electrons. The molecule has 0 saturated heterocycles. The van der Waals surface area contributed by atoms with E-state index in [0.717, 1.165) is 5.56 Å². The Morgan fingerprint density at radius 3 is 3.09 bits per heavy atom. The van der Waals surface area contributed by atoms with Crippen LogP contribution < -0.4 is 21.3 Å². The first-order valence-corrected chi connectivity index (χ1v) is 7.47. The third kappa shape index (κ3) is 2.43. The Morgan fingerprint density at radius 2 is 2.32 bits per heavy atom. The molecule has 8 heteroatoms. The van der Waals surface area contributed by atoms with E-state index in [4.69, 9.17) is 10.5 Å². The maximum absolute atomic E-state index is 14.1. The average molecular weight is 369 g/mol. The van der Waals surface area contributed by atoms with Gasteiger partial charge in [0.15, 0.2) is 0 Å². The molecule has 1 aliphatic rings. The molecule has 0 fully saturated rings. The Bertz CT molecular complexity index is 806. The molecule has 2 heterocycles. The van der Waals surface area contributed by atoms with E-state index in [0.29, 0.717) is 24.3 Å². The lowest BCUT2D eigenvalue weighted by molar-refractivity contribution is 0.356. The summed E-state index contributed by atoms with van der Waals surface area (Å²) in [6, 6.07) is 3.01. The SMILES string of the molecule is Cn1c(NCc2c(F)ccc3c2CCO3)nc(N)c(Br)c1=O. The van der Waals surface area contributed by atoms with Crippen LogP contribution in [0.4, 0.5) is 16.2 Å². The molecule has 0 bridgehead atoms. The average Bonchev–Trinajstić information content (AvgIpc) is 2.97. The van der Waals surface area contributed by atoms with Gasteiger partial charge in [-0.25, -0.2) is 4.39 Å². The minimum Gasteiger partial charge on any atom is -0.493 e. The van der Waals surface area contributed by atoms with Crippen LogP contribution in [0.15, 0.2) is 21.4 Å². The second-order valence-corrected chi connectivity index (χ2v) is 5.75. The molecular weight excluding hydrogens is 355 g/mol. The first-order chi connectivity index (χ1) is 10.5. The molecule has 3 rings (SSSR count). The van der Waals surface area contributed by atoms with Crippen LogP contribution in [-0.4, -0.2) is 16.2 Å². The molecule has 22 heavy (non-hydrogen) atoms. The molecule has 0 saturated carbocycles. The molecule has 6 nitrogen and oxygen atoms in total. The number of nitrogen functional groups attached to an aromatic ring is 1. The summed E-state index contributed by atoms with van der Waals surface area (Å²) in [6.07, 6.45) is 0.666. The number of rotatable bonds is 3. The highest BCUT2D eigenvalue weighted by molar-refractivity contribution is 9.10. The second kappa shape index (κ2) is 5.60. The number of ether oxygens (including phenoxy) is 1. The Balaban J connectivity index is 1.91. The van der Waals surface area contributed by atoms with Crippen LogP contribution in [0.25, 0.3) is 0 Å². The van der Waals surface area contributed by atoms with E-state index in [1.807, 2.05) is 0 Å². The van der Waals surface area contributed by atoms with E-state index in [1.165, 1.54) is 10.6 Å². The van der Waals surface area contributed by atoms with Gasteiger partial charge in [0.1, 0.15) is 21.9 Å². The van der Waals surface area contributed by atoms with Gasteiger partial charge >= 0.3 is 0 Å². The lowest BCUT2D eigenvalue weighted by Crippen LogP contribution is -2.24. The lowest BCUT2D eigenvalue weighted by Gasteiger charge is -2.13. The molecule has 1 aliphatic heterocycles. The van der Waals surface area contributed by atoms with Gasteiger partial charge in [-0.1, -0.05) is 0 Å². The second-order valence-electron chi connectivity index (χ2n) is 4.95. The Labute approximate surface area is 134 Å². The number of benzene rings is 1. The summed E-state index contributed by atoms with van der Waals surface area (Å²) in [5, 5.41) is 2.96. The van der Waals surface area contributed by atoms with Crippen molar-refractivity contribution < 1.29 is 9.13 Å². The van der Waals surface area contributed by atoms with Crippen LogP contribution in [0.5, 0.6) is 5.75 Å². The third-order valence-corrected chi connectivity index (χ3v) is 4.37. The quantitative estimate of drug-likeness (QED) is 0.863. The molecule has 116 valence electrons. The molecule has 1 aromatic heterocycles. The summed E-state index contributed by atoms with van der Waals surface area (Å²) in [5.74, 6) is 0.761. The molecule has 0 unspecified atom stereocenters. The van der Waals surface area contributed by atoms with Crippen molar-refractivity contribution in [2.75, 3.05) is 17.7 Å². The largest absolute Gasteiger partial charge is 0.493 e. The van der Waals surface area contributed by atoms with Crippen LogP contribution >= 0.6 is 15.9 Å². The predicted molar refractivity (Wildman–Crippen MR) is 84.5 cm³/mol. The van der Waals surface area contributed by atoms with Crippen molar-refractivity contribution in [2.45, 2.75) is 13.0 Å². The number of nitrogens with two attached hydrogens (primary N) is 1. The van der Waals surface area contributed by atoms with Crippen LogP contribution in [0.2, 0.25) is 0 Å². The van der Waals surface area contributed by atoms with E-state index < -0.39 is 0 Å². The van der Waals surface area contributed by atoms with Crippen LogP contribution in [0.1, 0.15) is 11.1 Å². The number of aromatic nitrogens is 2. The number of anilines is 2. The summed E-state index contributed by atoms with van der Waals surface area (Å²) in [7, 11) is 1.57. The standard InChI is InChI=1S/C14H14BrFN4O2/c1-20-13(21)11(15)12(17)19-14(20)18-6-8-7-4-5-22-10(7)3-2-9(8)16/h2-3H,4-6,17H2,1H3,(H,18,19). The van der Waals surface area contributed by atoms with Gasteiger partial charge in [-0.15, -0.1) is 0 Å². The smallest absolute Gasteiger partial charge is 0.271 e. The highest BCUT2D eigenvalue weighted by Crippen LogP contribution is 2.30.